The monoisotopic (exact) mass is 312 g/mol. The molecule has 1 rings (SSSR count). The van der Waals surface area contributed by atoms with Crippen molar-refractivity contribution in [3.05, 3.63) is 20.8 Å². The number of aromatic amines is 1. The van der Waals surface area contributed by atoms with Crippen LogP contribution < -0.4 is 16.6 Å². The highest BCUT2D eigenvalue weighted by Gasteiger charge is 2.13. The second-order valence-corrected chi connectivity index (χ2v) is 11.6. The minimum Gasteiger partial charge on any atom is -0.362 e. The van der Waals surface area contributed by atoms with E-state index in [4.69, 9.17) is 4.74 Å². The van der Waals surface area contributed by atoms with Gasteiger partial charge in [0.1, 0.15) is 12.4 Å². The molecule has 0 fully saturated rings. The molecule has 0 spiro atoms. The molecule has 0 aliphatic carbocycles. The van der Waals surface area contributed by atoms with Crippen molar-refractivity contribution in [2.45, 2.75) is 32.6 Å². The molecule has 1 aromatic rings. The summed E-state index contributed by atoms with van der Waals surface area (Å²) in [6.07, 6.45) is 1.53. The number of ether oxygens (including phenoxy) is 1. The lowest BCUT2D eigenvalue weighted by molar-refractivity contribution is 0.166. The summed E-state index contributed by atoms with van der Waals surface area (Å²) in [7, 11) is 0.426. The maximum Gasteiger partial charge on any atom is 0.329 e. The molecule has 0 aliphatic rings. The Balaban J connectivity index is 2.77. The molecule has 0 saturated heterocycles. The Morgan fingerprint density at radius 2 is 2.05 bits per heavy atom. The molecule has 0 amide bonds. The third-order valence-electron chi connectivity index (χ3n) is 2.89. The number of aliphatic imine (C=N–C) groups is 1. The molecule has 0 aromatic carbocycles. The van der Waals surface area contributed by atoms with Crippen molar-refractivity contribution in [3.63, 3.8) is 0 Å². The summed E-state index contributed by atoms with van der Waals surface area (Å²) in [5, 5.41) is 2.90. The van der Waals surface area contributed by atoms with Crippen LogP contribution in [0.15, 0.2) is 14.6 Å². The van der Waals surface area contributed by atoms with E-state index in [1.54, 1.807) is 14.0 Å². The van der Waals surface area contributed by atoms with Gasteiger partial charge in [-0.25, -0.2) is 9.79 Å². The molecule has 118 valence electrons. The summed E-state index contributed by atoms with van der Waals surface area (Å²) in [5.41, 5.74) is -0.749. The molecule has 0 atom stereocenters. The van der Waals surface area contributed by atoms with Crippen molar-refractivity contribution in [2.24, 2.45) is 12.0 Å². The van der Waals surface area contributed by atoms with Crippen molar-refractivity contribution >= 4 is 25.8 Å². The molecular weight excluding hydrogens is 288 g/mol. The van der Waals surface area contributed by atoms with Gasteiger partial charge in [0.25, 0.3) is 5.56 Å². The van der Waals surface area contributed by atoms with Crippen molar-refractivity contribution in [2.75, 3.05) is 18.7 Å². The highest BCUT2D eigenvalue weighted by atomic mass is 28.3. The van der Waals surface area contributed by atoms with Crippen LogP contribution in [0, 0.1) is 0 Å². The first kappa shape index (κ1) is 17.4. The lowest BCUT2D eigenvalue weighted by Crippen LogP contribution is -2.31. The van der Waals surface area contributed by atoms with Gasteiger partial charge in [0.15, 0.2) is 5.82 Å². The zero-order valence-corrected chi connectivity index (χ0v) is 14.3. The molecule has 1 heterocycles. The number of rotatable bonds is 7. The predicted octanol–water partition coefficient (Wildman–Crippen LogP) is 1.52. The highest BCUT2D eigenvalue weighted by molar-refractivity contribution is 6.76. The Morgan fingerprint density at radius 3 is 2.62 bits per heavy atom. The van der Waals surface area contributed by atoms with Crippen molar-refractivity contribution in [1.82, 2.24) is 9.55 Å². The van der Waals surface area contributed by atoms with Gasteiger partial charge in [0.2, 0.25) is 0 Å². The molecule has 2 N–H and O–H groups in total. The molecule has 21 heavy (non-hydrogen) atoms. The van der Waals surface area contributed by atoms with E-state index in [2.05, 4.69) is 34.9 Å². The fourth-order valence-corrected chi connectivity index (χ4v) is 2.37. The second-order valence-electron chi connectivity index (χ2n) is 5.94. The first-order valence-electron chi connectivity index (χ1n) is 6.90. The van der Waals surface area contributed by atoms with Gasteiger partial charge in [0, 0.05) is 27.9 Å². The zero-order chi connectivity index (χ0) is 16.0. The van der Waals surface area contributed by atoms with E-state index in [1.165, 1.54) is 10.8 Å². The largest absolute Gasteiger partial charge is 0.362 e. The van der Waals surface area contributed by atoms with Crippen LogP contribution in [0.5, 0.6) is 0 Å². The van der Waals surface area contributed by atoms with Gasteiger partial charge < -0.3 is 10.1 Å². The van der Waals surface area contributed by atoms with Crippen molar-refractivity contribution in [3.8, 4) is 0 Å². The van der Waals surface area contributed by atoms with Crippen LogP contribution in [-0.4, -0.2) is 37.2 Å². The summed E-state index contributed by atoms with van der Waals surface area (Å²) < 4.78 is 6.79. The Labute approximate surface area is 125 Å². The van der Waals surface area contributed by atoms with Gasteiger partial charge in [0.05, 0.1) is 0 Å². The number of H-pyrrole nitrogens is 1. The van der Waals surface area contributed by atoms with E-state index in [0.717, 1.165) is 6.04 Å². The van der Waals surface area contributed by atoms with Crippen LogP contribution in [0.25, 0.3) is 0 Å². The Morgan fingerprint density at radius 1 is 1.38 bits per heavy atom. The minimum atomic E-state index is -1.13. The first-order valence-corrected chi connectivity index (χ1v) is 10.6. The molecule has 0 bridgehead atoms. The summed E-state index contributed by atoms with van der Waals surface area (Å²) in [6, 6.07) is 1.05. The molecule has 0 radical (unpaired) electrons. The quantitative estimate of drug-likeness (QED) is 0.346. The fraction of sp³-hybridized carbons (Fsp3) is 0.615. The second kappa shape index (κ2) is 7.37. The Bertz CT molecular complexity index is 613. The van der Waals surface area contributed by atoms with E-state index in [9.17, 15) is 9.59 Å². The first-order chi connectivity index (χ1) is 9.76. The number of anilines is 1. The Kier molecular flexibility index (Phi) is 6.10. The number of hydrogen-bond acceptors (Lipinski definition) is 5. The van der Waals surface area contributed by atoms with Crippen LogP contribution in [0.3, 0.4) is 0 Å². The molecule has 8 heteroatoms. The molecule has 0 saturated carbocycles. The third-order valence-corrected chi connectivity index (χ3v) is 4.60. The summed E-state index contributed by atoms with van der Waals surface area (Å²) >= 11 is 0. The van der Waals surface area contributed by atoms with Gasteiger partial charge in [-0.3, -0.25) is 14.3 Å². The van der Waals surface area contributed by atoms with Crippen LogP contribution in [0.4, 0.5) is 11.5 Å². The van der Waals surface area contributed by atoms with Crippen molar-refractivity contribution < 1.29 is 4.74 Å². The number of nitrogens with zero attached hydrogens (tertiary/aromatic N) is 2. The molecule has 1 aromatic heterocycles. The van der Waals surface area contributed by atoms with Crippen LogP contribution in [-0.2, 0) is 11.8 Å². The highest BCUT2D eigenvalue weighted by Crippen LogP contribution is 2.17. The average molecular weight is 312 g/mol. The standard InChI is InChI=1S/C13H24N4O3Si/c1-6-14-11-10(12(18)16-13(19)17(11)2)15-9-20-7-8-21(3,4)5/h6,15H,7-9H2,1-5H3,(H,16,18,19). The fourth-order valence-electron chi connectivity index (χ4n) is 1.62. The van der Waals surface area contributed by atoms with Crippen LogP contribution in [0.1, 0.15) is 6.92 Å². The lowest BCUT2D eigenvalue weighted by atomic mass is 10.4. The van der Waals surface area contributed by atoms with Crippen LogP contribution in [0.2, 0.25) is 25.7 Å². The van der Waals surface area contributed by atoms with Gasteiger partial charge in [-0.05, 0) is 13.0 Å². The third kappa shape index (κ3) is 5.31. The van der Waals surface area contributed by atoms with E-state index >= 15 is 0 Å². The normalized spacial score (nSPS) is 12.0. The summed E-state index contributed by atoms with van der Waals surface area (Å²) in [5.74, 6) is 0.292. The lowest BCUT2D eigenvalue weighted by Gasteiger charge is -2.16. The predicted molar refractivity (Wildman–Crippen MR) is 88.7 cm³/mol. The minimum absolute atomic E-state index is 0.206. The van der Waals surface area contributed by atoms with Gasteiger partial charge in [-0.1, -0.05) is 19.6 Å². The van der Waals surface area contributed by atoms with Crippen molar-refractivity contribution in [1.29, 1.82) is 0 Å². The Hall–Kier alpha value is -1.67. The number of aromatic nitrogens is 2. The number of hydrogen-bond donors (Lipinski definition) is 2. The molecule has 0 unspecified atom stereocenters. The SMILES string of the molecule is CC=Nc1c(NCOCC[Si](C)(C)C)c(=O)[nH]c(=O)n1C. The maximum absolute atomic E-state index is 11.9. The van der Waals surface area contributed by atoms with E-state index in [1.807, 2.05) is 0 Å². The topological polar surface area (TPSA) is 88.5 Å². The van der Waals surface area contributed by atoms with E-state index in [0.29, 0.717) is 12.4 Å². The average Bonchev–Trinajstić information content (AvgIpc) is 2.37. The number of nitrogens with one attached hydrogen (secondary N) is 2. The zero-order valence-electron chi connectivity index (χ0n) is 13.3. The van der Waals surface area contributed by atoms with Crippen LogP contribution >= 0.6 is 0 Å². The maximum atomic E-state index is 11.9. The summed E-state index contributed by atoms with van der Waals surface area (Å²) in [6.45, 7) is 9.40. The van der Waals surface area contributed by atoms with Gasteiger partial charge in [-0.2, -0.15) is 0 Å². The molecule has 0 aliphatic heterocycles. The summed E-state index contributed by atoms with van der Waals surface area (Å²) in [4.78, 5) is 29.7. The molecular formula is C13H24N4O3Si. The smallest absolute Gasteiger partial charge is 0.329 e. The van der Waals surface area contributed by atoms with Gasteiger partial charge in [-0.15, -0.1) is 0 Å². The molecule has 7 nitrogen and oxygen atoms in total. The van der Waals surface area contributed by atoms with E-state index in [-0.39, 0.29) is 12.4 Å². The van der Waals surface area contributed by atoms with Gasteiger partial charge >= 0.3 is 5.69 Å². The van der Waals surface area contributed by atoms with E-state index < -0.39 is 19.3 Å².